The number of nitro groups is 1. The normalized spacial score (nSPS) is 11.1. The Bertz CT molecular complexity index is 1090. The van der Waals surface area contributed by atoms with Crippen molar-refractivity contribution in [3.05, 3.63) is 65.0 Å². The van der Waals surface area contributed by atoms with Crippen LogP contribution in [-0.4, -0.2) is 34.0 Å². The highest BCUT2D eigenvalue weighted by Crippen LogP contribution is 2.35. The molecule has 9 nitrogen and oxygen atoms in total. The van der Waals surface area contributed by atoms with E-state index in [2.05, 4.69) is 19.9 Å². The molecule has 4 rings (SSSR count). The van der Waals surface area contributed by atoms with Gasteiger partial charge in [0.15, 0.2) is 10.7 Å². The van der Waals surface area contributed by atoms with E-state index in [-0.39, 0.29) is 5.82 Å². The number of nitrogens with zero attached hydrogens (tertiary/aromatic N) is 7. The third kappa shape index (κ3) is 2.90. The van der Waals surface area contributed by atoms with Crippen LogP contribution in [0, 0.1) is 10.1 Å². The molecule has 0 aliphatic rings. The van der Waals surface area contributed by atoms with E-state index in [1.807, 2.05) is 34.9 Å². The molecule has 0 aliphatic carbocycles. The molecule has 0 aliphatic heterocycles. The predicted molar refractivity (Wildman–Crippen MR) is 94.9 cm³/mol. The highest BCUT2D eigenvalue weighted by atomic mass is 32.2. The Morgan fingerprint density at radius 3 is 2.69 bits per heavy atom. The minimum atomic E-state index is -0.505. The summed E-state index contributed by atoms with van der Waals surface area (Å²) in [5.41, 5.74) is 2.40. The number of benzene rings is 1. The molecule has 0 amide bonds. The van der Waals surface area contributed by atoms with Gasteiger partial charge in [0.25, 0.3) is 0 Å². The van der Waals surface area contributed by atoms with Gasteiger partial charge in [-0.2, -0.15) is 0 Å². The molecular weight excluding hydrogens is 354 g/mol. The van der Waals surface area contributed by atoms with Crippen molar-refractivity contribution in [2.24, 2.45) is 7.05 Å². The summed E-state index contributed by atoms with van der Waals surface area (Å²) < 4.78 is 3.52. The maximum Gasteiger partial charge on any atom is 0.396 e. The van der Waals surface area contributed by atoms with E-state index in [9.17, 15) is 10.1 Å². The average Bonchev–Trinajstić information content (AvgIpc) is 3.21. The second-order valence-corrected chi connectivity index (χ2v) is 6.53. The van der Waals surface area contributed by atoms with Crippen molar-refractivity contribution in [3.63, 3.8) is 0 Å². The van der Waals surface area contributed by atoms with Crippen LogP contribution in [-0.2, 0) is 13.6 Å². The molecule has 0 saturated heterocycles. The molecule has 130 valence electrons. The van der Waals surface area contributed by atoms with Crippen molar-refractivity contribution < 1.29 is 4.92 Å². The first kappa shape index (κ1) is 16.2. The Hall–Kier alpha value is -3.27. The number of imidazole rings is 2. The van der Waals surface area contributed by atoms with E-state index in [4.69, 9.17) is 0 Å². The molecule has 0 saturated carbocycles. The first-order chi connectivity index (χ1) is 12.6. The van der Waals surface area contributed by atoms with E-state index in [0.29, 0.717) is 27.8 Å². The molecule has 0 spiro atoms. The summed E-state index contributed by atoms with van der Waals surface area (Å²) >= 11 is 1.16. The van der Waals surface area contributed by atoms with Gasteiger partial charge in [-0.05, 0) is 27.2 Å². The number of aromatic nitrogens is 6. The Kier molecular flexibility index (Phi) is 4.09. The first-order valence-electron chi connectivity index (χ1n) is 7.67. The summed E-state index contributed by atoms with van der Waals surface area (Å²) in [5, 5.41) is 12.1. The third-order valence-corrected chi connectivity index (χ3v) is 4.95. The zero-order valence-corrected chi connectivity index (χ0v) is 14.5. The Labute approximate surface area is 151 Å². The predicted octanol–water partition coefficient (Wildman–Crippen LogP) is 2.67. The molecule has 4 aromatic rings. The summed E-state index contributed by atoms with van der Waals surface area (Å²) in [6.07, 6.45) is 4.55. The van der Waals surface area contributed by atoms with E-state index >= 15 is 0 Å². The molecule has 0 bridgehead atoms. The van der Waals surface area contributed by atoms with Gasteiger partial charge in [-0.1, -0.05) is 30.3 Å². The second kappa shape index (κ2) is 6.56. The molecule has 0 unspecified atom stereocenters. The fourth-order valence-corrected chi connectivity index (χ4v) is 3.50. The maximum atomic E-state index is 11.2. The summed E-state index contributed by atoms with van der Waals surface area (Å²) in [5.74, 6) is -0.201. The Balaban J connectivity index is 1.72. The van der Waals surface area contributed by atoms with Gasteiger partial charge >= 0.3 is 5.82 Å². The third-order valence-electron chi connectivity index (χ3n) is 3.79. The van der Waals surface area contributed by atoms with Crippen molar-refractivity contribution in [2.75, 3.05) is 0 Å². The summed E-state index contributed by atoms with van der Waals surface area (Å²) in [4.78, 5) is 27.5. The lowest BCUT2D eigenvalue weighted by Crippen LogP contribution is -2.00. The zero-order valence-electron chi connectivity index (χ0n) is 13.7. The molecule has 1 aromatic carbocycles. The van der Waals surface area contributed by atoms with Crippen molar-refractivity contribution in [3.8, 4) is 0 Å². The Morgan fingerprint density at radius 1 is 1.12 bits per heavy atom. The maximum absolute atomic E-state index is 11.2. The molecule has 0 atom stereocenters. The number of fused-ring (bicyclic) bond motifs is 1. The largest absolute Gasteiger partial charge is 0.396 e. The summed E-state index contributed by atoms with van der Waals surface area (Å²) in [6.45, 7) is 0.629. The van der Waals surface area contributed by atoms with E-state index in [0.717, 1.165) is 17.3 Å². The number of hydrogen-bond acceptors (Lipinski definition) is 7. The van der Waals surface area contributed by atoms with Crippen molar-refractivity contribution in [2.45, 2.75) is 16.6 Å². The molecule has 0 fully saturated rings. The van der Waals surface area contributed by atoms with Crippen LogP contribution in [0.4, 0.5) is 5.82 Å². The lowest BCUT2D eigenvalue weighted by molar-refractivity contribution is -0.392. The van der Waals surface area contributed by atoms with Gasteiger partial charge in [0.2, 0.25) is 6.33 Å². The Morgan fingerprint density at radius 2 is 1.92 bits per heavy atom. The molecule has 0 radical (unpaired) electrons. The highest BCUT2D eigenvalue weighted by Gasteiger charge is 2.23. The number of aryl methyl sites for hydroxylation is 1. The monoisotopic (exact) mass is 367 g/mol. The number of rotatable bonds is 5. The fourth-order valence-electron chi connectivity index (χ4n) is 2.57. The lowest BCUT2D eigenvalue weighted by Gasteiger charge is -2.05. The average molecular weight is 367 g/mol. The first-order valence-corrected chi connectivity index (χ1v) is 8.48. The SMILES string of the molecule is Cn1cnc([N+](=O)[O-])c1Sc1ncnc2c1ncn2Cc1ccccc1. The van der Waals surface area contributed by atoms with Gasteiger partial charge in [0, 0.05) is 7.05 Å². The van der Waals surface area contributed by atoms with Gasteiger partial charge < -0.3 is 19.2 Å². The van der Waals surface area contributed by atoms with E-state index in [1.165, 1.54) is 12.7 Å². The topological polar surface area (TPSA) is 105 Å². The minimum Gasteiger partial charge on any atom is -0.358 e. The fraction of sp³-hybridized carbons (Fsp3) is 0.125. The van der Waals surface area contributed by atoms with Crippen molar-refractivity contribution >= 4 is 28.7 Å². The van der Waals surface area contributed by atoms with E-state index in [1.54, 1.807) is 17.9 Å². The lowest BCUT2D eigenvalue weighted by atomic mass is 10.2. The van der Waals surface area contributed by atoms with Gasteiger partial charge in [0.1, 0.15) is 16.9 Å². The van der Waals surface area contributed by atoms with Gasteiger partial charge in [-0.3, -0.25) is 0 Å². The van der Waals surface area contributed by atoms with Gasteiger partial charge in [-0.25, -0.2) is 15.0 Å². The van der Waals surface area contributed by atoms with Crippen LogP contribution in [0.1, 0.15) is 5.56 Å². The van der Waals surface area contributed by atoms with Crippen molar-refractivity contribution in [1.29, 1.82) is 0 Å². The number of hydrogen-bond donors (Lipinski definition) is 0. The second-order valence-electron chi connectivity index (χ2n) is 5.55. The standard InChI is InChI=1S/C16H13N7O2S/c1-21-9-20-14(23(24)25)16(21)26-15-12-13(17-8-18-15)22(10-19-12)7-11-5-3-2-4-6-11/h2-6,8-10H,7H2,1H3. The van der Waals surface area contributed by atoms with Crippen LogP contribution in [0.15, 0.2) is 59.4 Å². The van der Waals surface area contributed by atoms with Crippen LogP contribution in [0.25, 0.3) is 11.2 Å². The van der Waals surface area contributed by atoms with Crippen molar-refractivity contribution in [1.82, 2.24) is 29.1 Å². The minimum absolute atomic E-state index is 0.201. The van der Waals surface area contributed by atoms with Crippen LogP contribution < -0.4 is 0 Å². The van der Waals surface area contributed by atoms with E-state index < -0.39 is 4.92 Å². The van der Waals surface area contributed by atoms with Crippen LogP contribution >= 0.6 is 11.8 Å². The smallest absolute Gasteiger partial charge is 0.358 e. The molecule has 0 N–H and O–H groups in total. The zero-order chi connectivity index (χ0) is 18.1. The van der Waals surface area contributed by atoms with Crippen LogP contribution in [0.2, 0.25) is 0 Å². The van der Waals surface area contributed by atoms with Crippen LogP contribution in [0.5, 0.6) is 0 Å². The molecular formula is C16H13N7O2S. The molecule has 26 heavy (non-hydrogen) atoms. The molecule has 3 heterocycles. The van der Waals surface area contributed by atoms with Gasteiger partial charge in [-0.15, -0.1) is 0 Å². The summed E-state index contributed by atoms with van der Waals surface area (Å²) in [6, 6.07) is 9.98. The highest BCUT2D eigenvalue weighted by molar-refractivity contribution is 7.99. The molecule has 3 aromatic heterocycles. The molecule has 10 heteroatoms. The van der Waals surface area contributed by atoms with Gasteiger partial charge in [0.05, 0.1) is 12.9 Å². The van der Waals surface area contributed by atoms with Crippen LogP contribution in [0.3, 0.4) is 0 Å². The summed E-state index contributed by atoms with van der Waals surface area (Å²) in [7, 11) is 1.70. The quantitative estimate of drug-likeness (QED) is 0.303.